The minimum atomic E-state index is -0.534. The molecule has 22 heavy (non-hydrogen) atoms. The highest BCUT2D eigenvalue weighted by Gasteiger charge is 2.53. The maximum Gasteiger partial charge on any atom is 0.254 e. The molecule has 2 aliphatic rings. The number of primary amides is 1. The van der Waals surface area contributed by atoms with Crippen LogP contribution in [0.5, 0.6) is 5.88 Å². The Kier molecular flexibility index (Phi) is 2.72. The van der Waals surface area contributed by atoms with Gasteiger partial charge in [-0.1, -0.05) is 0 Å². The first-order valence-electron chi connectivity index (χ1n) is 7.51. The molecule has 0 aliphatic heterocycles. The minimum Gasteiger partial charge on any atom is -0.474 e. The topological polar surface area (TPSA) is 109 Å². The van der Waals surface area contributed by atoms with Gasteiger partial charge in [0.2, 0.25) is 5.88 Å². The molecule has 0 bridgehead atoms. The molecule has 2 fully saturated rings. The molecule has 0 radical (unpaired) electrons. The molecular formula is C15H19N5O2. The van der Waals surface area contributed by atoms with Crippen molar-refractivity contribution in [2.75, 3.05) is 0 Å². The van der Waals surface area contributed by atoms with Gasteiger partial charge in [-0.15, -0.1) is 0 Å². The van der Waals surface area contributed by atoms with Gasteiger partial charge in [-0.3, -0.25) is 9.48 Å². The average Bonchev–Trinajstić information content (AvgIpc) is 2.75. The number of amides is 1. The molecule has 0 atom stereocenters. The van der Waals surface area contributed by atoms with Crippen molar-refractivity contribution in [3.63, 3.8) is 0 Å². The Balaban J connectivity index is 1.59. The standard InChI is InChI=1S/C15H19N5O2/c1-20-13-8(7-18-20)2-11(12(17)21)14(19-13)22-10-5-15(6-10)3-9(16)4-15/h2,7,9-10H,3-6,16H2,1H3,(H2,17,21). The highest BCUT2D eigenvalue weighted by atomic mass is 16.5. The second kappa shape index (κ2) is 4.42. The van der Waals surface area contributed by atoms with E-state index < -0.39 is 5.91 Å². The van der Waals surface area contributed by atoms with Crippen molar-refractivity contribution in [1.29, 1.82) is 0 Å². The summed E-state index contributed by atoms with van der Waals surface area (Å²) < 4.78 is 7.60. The van der Waals surface area contributed by atoms with Crippen molar-refractivity contribution in [2.45, 2.75) is 37.8 Å². The number of hydrogen-bond acceptors (Lipinski definition) is 5. The number of nitrogens with zero attached hydrogens (tertiary/aromatic N) is 3. The Morgan fingerprint density at radius 2 is 2.14 bits per heavy atom. The van der Waals surface area contributed by atoms with Crippen molar-refractivity contribution in [1.82, 2.24) is 14.8 Å². The molecule has 2 aliphatic carbocycles. The molecule has 116 valence electrons. The third-order valence-electron chi connectivity index (χ3n) is 4.93. The zero-order valence-corrected chi connectivity index (χ0v) is 12.5. The van der Waals surface area contributed by atoms with Crippen LogP contribution in [-0.4, -0.2) is 32.8 Å². The van der Waals surface area contributed by atoms with Crippen molar-refractivity contribution in [3.8, 4) is 5.88 Å². The zero-order valence-electron chi connectivity index (χ0n) is 12.5. The Morgan fingerprint density at radius 1 is 1.41 bits per heavy atom. The summed E-state index contributed by atoms with van der Waals surface area (Å²) in [5.41, 5.74) is 12.7. The van der Waals surface area contributed by atoms with Gasteiger partial charge in [0.1, 0.15) is 11.7 Å². The van der Waals surface area contributed by atoms with Gasteiger partial charge in [-0.2, -0.15) is 10.1 Å². The number of aryl methyl sites for hydroxylation is 1. The van der Waals surface area contributed by atoms with Gasteiger partial charge in [-0.25, -0.2) is 0 Å². The van der Waals surface area contributed by atoms with Gasteiger partial charge >= 0.3 is 0 Å². The van der Waals surface area contributed by atoms with Gasteiger partial charge in [0.15, 0.2) is 5.65 Å². The molecule has 7 nitrogen and oxygen atoms in total. The predicted octanol–water partition coefficient (Wildman–Crippen LogP) is 0.716. The summed E-state index contributed by atoms with van der Waals surface area (Å²) in [5, 5.41) is 4.91. The number of hydrogen-bond donors (Lipinski definition) is 2. The Hall–Kier alpha value is -2.15. The quantitative estimate of drug-likeness (QED) is 0.868. The van der Waals surface area contributed by atoms with Crippen LogP contribution in [0.15, 0.2) is 12.3 Å². The van der Waals surface area contributed by atoms with E-state index in [9.17, 15) is 4.79 Å². The average molecular weight is 301 g/mol. The monoisotopic (exact) mass is 301 g/mol. The van der Waals surface area contributed by atoms with Crippen molar-refractivity contribution < 1.29 is 9.53 Å². The molecule has 7 heteroatoms. The summed E-state index contributed by atoms with van der Waals surface area (Å²) >= 11 is 0. The van der Waals surface area contributed by atoms with Crippen LogP contribution in [0, 0.1) is 5.41 Å². The maximum atomic E-state index is 11.7. The highest BCUT2D eigenvalue weighted by molar-refractivity contribution is 5.98. The first kappa shape index (κ1) is 13.5. The number of ether oxygens (including phenoxy) is 1. The van der Waals surface area contributed by atoms with Crippen LogP contribution in [0.3, 0.4) is 0 Å². The fourth-order valence-corrected chi connectivity index (χ4v) is 3.86. The van der Waals surface area contributed by atoms with Crippen LogP contribution in [0.1, 0.15) is 36.0 Å². The number of carbonyl (C=O) groups is 1. The summed E-state index contributed by atoms with van der Waals surface area (Å²) in [6.07, 6.45) is 5.84. The minimum absolute atomic E-state index is 0.0868. The van der Waals surface area contributed by atoms with Gasteiger partial charge < -0.3 is 16.2 Å². The van der Waals surface area contributed by atoms with E-state index >= 15 is 0 Å². The van der Waals surface area contributed by atoms with Crippen LogP contribution in [0.25, 0.3) is 11.0 Å². The molecule has 2 saturated carbocycles. The van der Waals surface area contributed by atoms with Gasteiger partial charge in [0.05, 0.1) is 6.20 Å². The number of rotatable bonds is 3. The number of fused-ring (bicyclic) bond motifs is 1. The lowest BCUT2D eigenvalue weighted by Gasteiger charge is -2.56. The molecule has 2 heterocycles. The lowest BCUT2D eigenvalue weighted by atomic mass is 9.53. The second-order valence-electron chi connectivity index (χ2n) is 6.70. The molecule has 1 spiro atoms. The number of aromatic nitrogens is 3. The van der Waals surface area contributed by atoms with Crippen LogP contribution in [0.4, 0.5) is 0 Å². The number of nitrogens with two attached hydrogens (primary N) is 2. The molecule has 0 unspecified atom stereocenters. The third kappa shape index (κ3) is 1.96. The molecule has 4 rings (SSSR count). The van der Waals surface area contributed by atoms with Gasteiger partial charge in [0, 0.05) is 18.5 Å². The lowest BCUT2D eigenvalue weighted by Crippen LogP contribution is -2.56. The normalized spacial score (nSPS) is 30.1. The highest BCUT2D eigenvalue weighted by Crippen LogP contribution is 2.56. The first-order valence-corrected chi connectivity index (χ1v) is 7.51. The van der Waals surface area contributed by atoms with E-state index in [1.54, 1.807) is 24.0 Å². The largest absolute Gasteiger partial charge is 0.474 e. The van der Waals surface area contributed by atoms with Crippen LogP contribution in [0.2, 0.25) is 0 Å². The summed E-state index contributed by atoms with van der Waals surface area (Å²) in [5.74, 6) is -0.222. The number of carbonyl (C=O) groups excluding carboxylic acids is 1. The fraction of sp³-hybridized carbons (Fsp3) is 0.533. The van der Waals surface area contributed by atoms with E-state index in [-0.39, 0.29) is 6.10 Å². The van der Waals surface area contributed by atoms with E-state index in [1.165, 1.54) is 0 Å². The Labute approximate surface area is 127 Å². The third-order valence-corrected chi connectivity index (χ3v) is 4.93. The van der Waals surface area contributed by atoms with E-state index in [0.717, 1.165) is 31.1 Å². The molecule has 2 aromatic heterocycles. The summed E-state index contributed by atoms with van der Waals surface area (Å²) in [7, 11) is 1.80. The Morgan fingerprint density at radius 3 is 2.77 bits per heavy atom. The van der Waals surface area contributed by atoms with Crippen molar-refractivity contribution >= 4 is 16.9 Å². The van der Waals surface area contributed by atoms with E-state index in [0.29, 0.717) is 28.5 Å². The second-order valence-corrected chi connectivity index (χ2v) is 6.70. The van der Waals surface area contributed by atoms with Crippen LogP contribution >= 0.6 is 0 Å². The van der Waals surface area contributed by atoms with E-state index in [2.05, 4.69) is 10.1 Å². The van der Waals surface area contributed by atoms with E-state index in [4.69, 9.17) is 16.2 Å². The Bertz CT molecular complexity index is 755. The van der Waals surface area contributed by atoms with Crippen molar-refractivity contribution in [3.05, 3.63) is 17.8 Å². The SMILES string of the molecule is Cn1ncc2cc(C(N)=O)c(OC3CC4(CC(N)C4)C3)nc21. The summed E-state index contributed by atoms with van der Waals surface area (Å²) in [6, 6.07) is 2.03. The molecule has 0 aromatic carbocycles. The van der Waals surface area contributed by atoms with Gasteiger partial charge in [-0.05, 0) is 37.2 Å². The van der Waals surface area contributed by atoms with Gasteiger partial charge in [0.25, 0.3) is 5.91 Å². The lowest BCUT2D eigenvalue weighted by molar-refractivity contribution is -0.0796. The molecule has 2 aromatic rings. The molecule has 4 N–H and O–H groups in total. The molecule has 1 amide bonds. The van der Waals surface area contributed by atoms with Crippen LogP contribution in [-0.2, 0) is 7.05 Å². The van der Waals surface area contributed by atoms with Crippen LogP contribution < -0.4 is 16.2 Å². The summed E-state index contributed by atoms with van der Waals surface area (Å²) in [6.45, 7) is 0. The molecular weight excluding hydrogens is 282 g/mol. The fourth-order valence-electron chi connectivity index (χ4n) is 3.86. The first-order chi connectivity index (χ1) is 10.5. The predicted molar refractivity (Wildman–Crippen MR) is 80.3 cm³/mol. The smallest absolute Gasteiger partial charge is 0.254 e. The van der Waals surface area contributed by atoms with E-state index in [1.807, 2.05) is 0 Å². The maximum absolute atomic E-state index is 11.7. The summed E-state index contributed by atoms with van der Waals surface area (Å²) in [4.78, 5) is 16.1. The van der Waals surface area contributed by atoms with Crippen molar-refractivity contribution in [2.24, 2.45) is 23.9 Å². The zero-order chi connectivity index (χ0) is 15.5. The number of pyridine rings is 1. The molecule has 0 saturated heterocycles.